The molecule has 0 bridgehead atoms. The largest absolute Gasteiger partial charge is 0.454 e. The number of hydrogen-bond acceptors (Lipinski definition) is 5. The average Bonchev–Trinajstić information content (AvgIpc) is 2.88. The number of fused-ring (bicyclic) bond motifs is 1. The van der Waals surface area contributed by atoms with Crippen LogP contribution in [0.15, 0.2) is 18.5 Å². The third kappa shape index (κ3) is 1.45. The van der Waals surface area contributed by atoms with Crippen molar-refractivity contribution < 1.29 is 9.47 Å². The molecule has 4 N–H and O–H groups in total. The molecule has 1 aromatic heterocycles. The Morgan fingerprint density at radius 2 is 2.18 bits per heavy atom. The molecule has 0 saturated carbocycles. The van der Waals surface area contributed by atoms with Gasteiger partial charge < -0.3 is 21.1 Å². The number of rotatable bonds is 1. The van der Waals surface area contributed by atoms with Crippen molar-refractivity contribution in [2.45, 2.75) is 0 Å². The van der Waals surface area contributed by atoms with E-state index in [0.717, 1.165) is 5.56 Å². The van der Waals surface area contributed by atoms with Crippen molar-refractivity contribution in [3.8, 4) is 22.8 Å². The summed E-state index contributed by atoms with van der Waals surface area (Å²) < 4.78 is 11.7. The molecule has 88 valence electrons. The third-order valence-corrected chi connectivity index (χ3v) is 2.81. The van der Waals surface area contributed by atoms with E-state index in [-0.39, 0.29) is 6.79 Å². The van der Waals surface area contributed by atoms with Gasteiger partial charge in [-0.2, -0.15) is 0 Å². The second-order valence-corrected chi connectivity index (χ2v) is 3.98. The Morgan fingerprint density at radius 1 is 1.35 bits per heavy atom. The fourth-order valence-corrected chi connectivity index (χ4v) is 1.96. The normalized spacial score (nSPS) is 13.0. The van der Waals surface area contributed by atoms with Crippen LogP contribution in [0.25, 0.3) is 11.3 Å². The first-order valence-corrected chi connectivity index (χ1v) is 5.22. The van der Waals surface area contributed by atoms with Crippen LogP contribution in [0.3, 0.4) is 0 Å². The van der Waals surface area contributed by atoms with Gasteiger partial charge in [0.25, 0.3) is 0 Å². The van der Waals surface area contributed by atoms with Gasteiger partial charge in [0.2, 0.25) is 6.79 Å². The summed E-state index contributed by atoms with van der Waals surface area (Å²) in [6, 6.07) is 3.49. The minimum absolute atomic E-state index is 0.166. The Balaban J connectivity index is 2.16. The van der Waals surface area contributed by atoms with Gasteiger partial charge in [-0.15, -0.1) is 0 Å². The lowest BCUT2D eigenvalue weighted by Crippen LogP contribution is -2.09. The SMILES string of the molecule is Nc1c(-c2cc(Cl)c3c(c2)OCO3)ncn1N. The van der Waals surface area contributed by atoms with Gasteiger partial charge in [0.1, 0.15) is 17.8 Å². The summed E-state index contributed by atoms with van der Waals surface area (Å²) in [6.07, 6.45) is 1.43. The number of hydrogen-bond donors (Lipinski definition) is 2. The second-order valence-electron chi connectivity index (χ2n) is 3.58. The third-order valence-electron chi connectivity index (χ3n) is 2.53. The number of nitrogens with zero attached hydrogens (tertiary/aromatic N) is 2. The minimum atomic E-state index is 0.166. The van der Waals surface area contributed by atoms with Gasteiger partial charge in [-0.25, -0.2) is 9.66 Å². The maximum atomic E-state index is 6.07. The minimum Gasteiger partial charge on any atom is -0.454 e. The van der Waals surface area contributed by atoms with Crippen molar-refractivity contribution >= 4 is 17.4 Å². The maximum Gasteiger partial charge on any atom is 0.231 e. The second kappa shape index (κ2) is 3.46. The predicted octanol–water partition coefficient (Wildman–Crippen LogP) is 1.23. The van der Waals surface area contributed by atoms with Crippen LogP contribution >= 0.6 is 11.6 Å². The fraction of sp³-hybridized carbons (Fsp3) is 0.100. The molecule has 2 heterocycles. The topological polar surface area (TPSA) is 88.3 Å². The highest BCUT2D eigenvalue weighted by atomic mass is 35.5. The number of ether oxygens (including phenoxy) is 2. The van der Waals surface area contributed by atoms with Crippen molar-refractivity contribution in [2.24, 2.45) is 0 Å². The molecular weight excluding hydrogens is 244 g/mol. The molecule has 1 aromatic carbocycles. The zero-order valence-corrected chi connectivity index (χ0v) is 9.44. The molecule has 0 spiro atoms. The summed E-state index contributed by atoms with van der Waals surface area (Å²) in [6.45, 7) is 0.166. The average molecular weight is 253 g/mol. The molecule has 0 saturated heterocycles. The van der Waals surface area contributed by atoms with Gasteiger partial charge in [0.15, 0.2) is 11.5 Å². The van der Waals surface area contributed by atoms with E-state index in [1.54, 1.807) is 12.1 Å². The first kappa shape index (κ1) is 10.1. The summed E-state index contributed by atoms with van der Waals surface area (Å²) in [5, 5.41) is 0.459. The van der Waals surface area contributed by atoms with Crippen LogP contribution in [-0.2, 0) is 0 Å². The van der Waals surface area contributed by atoms with E-state index < -0.39 is 0 Å². The van der Waals surface area contributed by atoms with Gasteiger partial charge in [0.05, 0.1) is 5.02 Å². The van der Waals surface area contributed by atoms with E-state index in [9.17, 15) is 0 Å². The van der Waals surface area contributed by atoms with Gasteiger partial charge in [0, 0.05) is 5.56 Å². The smallest absolute Gasteiger partial charge is 0.231 e. The van der Waals surface area contributed by atoms with Crippen LogP contribution in [0, 0.1) is 0 Å². The van der Waals surface area contributed by atoms with Crippen molar-refractivity contribution in [2.75, 3.05) is 18.4 Å². The zero-order chi connectivity index (χ0) is 12.0. The molecule has 17 heavy (non-hydrogen) atoms. The Morgan fingerprint density at radius 3 is 2.88 bits per heavy atom. The van der Waals surface area contributed by atoms with Gasteiger partial charge in [-0.1, -0.05) is 11.6 Å². The van der Waals surface area contributed by atoms with Crippen LogP contribution in [-0.4, -0.2) is 16.5 Å². The Labute approximate surface area is 102 Å². The van der Waals surface area contributed by atoms with E-state index in [4.69, 9.17) is 32.7 Å². The monoisotopic (exact) mass is 252 g/mol. The number of halogens is 1. The Bertz CT molecular complexity index is 596. The molecule has 6 nitrogen and oxygen atoms in total. The van der Waals surface area contributed by atoms with Crippen LogP contribution in [0.2, 0.25) is 5.02 Å². The van der Waals surface area contributed by atoms with Gasteiger partial charge in [-0.05, 0) is 12.1 Å². The van der Waals surface area contributed by atoms with Crippen LogP contribution < -0.4 is 21.1 Å². The molecule has 0 aliphatic carbocycles. The van der Waals surface area contributed by atoms with Gasteiger partial charge >= 0.3 is 0 Å². The van der Waals surface area contributed by atoms with Crippen LogP contribution in [0.4, 0.5) is 5.82 Å². The summed E-state index contributed by atoms with van der Waals surface area (Å²) >= 11 is 6.07. The fourth-order valence-electron chi connectivity index (χ4n) is 1.70. The highest BCUT2D eigenvalue weighted by Gasteiger charge is 2.20. The lowest BCUT2D eigenvalue weighted by molar-refractivity contribution is 0.174. The first-order valence-electron chi connectivity index (χ1n) is 4.84. The lowest BCUT2D eigenvalue weighted by atomic mass is 10.1. The predicted molar refractivity (Wildman–Crippen MR) is 63.4 cm³/mol. The number of anilines is 1. The highest BCUT2D eigenvalue weighted by Crippen LogP contribution is 2.42. The highest BCUT2D eigenvalue weighted by molar-refractivity contribution is 6.32. The summed E-state index contributed by atoms with van der Waals surface area (Å²) in [4.78, 5) is 4.11. The van der Waals surface area contributed by atoms with Crippen LogP contribution in [0.5, 0.6) is 11.5 Å². The maximum absolute atomic E-state index is 6.07. The standard InChI is InChI=1S/C10H9ClN4O2/c11-6-1-5(2-7-9(6)17-4-16-7)8-10(12)15(13)3-14-8/h1-3H,4,12-13H2. The van der Waals surface area contributed by atoms with E-state index >= 15 is 0 Å². The first-order chi connectivity index (χ1) is 8.16. The van der Waals surface area contributed by atoms with Crippen molar-refractivity contribution in [3.63, 3.8) is 0 Å². The molecule has 2 aromatic rings. The van der Waals surface area contributed by atoms with E-state index in [1.165, 1.54) is 11.0 Å². The molecule has 7 heteroatoms. The molecule has 0 unspecified atom stereocenters. The summed E-state index contributed by atoms with van der Waals surface area (Å²) in [5.74, 6) is 7.05. The molecule has 0 fully saturated rings. The van der Waals surface area contributed by atoms with Gasteiger partial charge in [-0.3, -0.25) is 0 Å². The Hall–Kier alpha value is -2.08. The van der Waals surface area contributed by atoms with Crippen molar-refractivity contribution in [1.82, 2.24) is 9.66 Å². The molecule has 3 rings (SSSR count). The molecule has 0 atom stereocenters. The number of aromatic nitrogens is 2. The quantitative estimate of drug-likeness (QED) is 0.745. The van der Waals surface area contributed by atoms with Crippen LogP contribution in [0.1, 0.15) is 0 Å². The molecule has 0 amide bonds. The zero-order valence-electron chi connectivity index (χ0n) is 8.68. The lowest BCUT2D eigenvalue weighted by Gasteiger charge is -2.04. The Kier molecular flexibility index (Phi) is 2.05. The number of nitrogens with two attached hydrogens (primary N) is 2. The number of benzene rings is 1. The summed E-state index contributed by atoms with van der Waals surface area (Å²) in [5.41, 5.74) is 7.09. The van der Waals surface area contributed by atoms with Crippen molar-refractivity contribution in [3.05, 3.63) is 23.5 Å². The van der Waals surface area contributed by atoms with E-state index in [0.29, 0.717) is 28.0 Å². The molecular formula is C10H9ClN4O2. The van der Waals surface area contributed by atoms with Crippen molar-refractivity contribution in [1.29, 1.82) is 0 Å². The van der Waals surface area contributed by atoms with E-state index in [2.05, 4.69) is 4.98 Å². The van der Waals surface area contributed by atoms with E-state index in [1.807, 2.05) is 0 Å². The summed E-state index contributed by atoms with van der Waals surface area (Å²) in [7, 11) is 0. The number of nitrogen functional groups attached to an aromatic ring is 2. The molecule has 1 aliphatic rings. The molecule has 1 aliphatic heterocycles. The molecule has 0 radical (unpaired) electrons. The number of imidazole rings is 1.